The van der Waals surface area contributed by atoms with Crippen LogP contribution in [0.3, 0.4) is 0 Å². The lowest BCUT2D eigenvalue weighted by atomic mass is 10.0. The summed E-state index contributed by atoms with van der Waals surface area (Å²) in [6.45, 7) is 5.80. The van der Waals surface area contributed by atoms with Gasteiger partial charge in [-0.2, -0.15) is 0 Å². The van der Waals surface area contributed by atoms with E-state index in [1.165, 1.54) is 0 Å². The first kappa shape index (κ1) is 14.8. The molecule has 1 aliphatic heterocycles. The minimum atomic E-state index is -0.118. The molecule has 0 radical (unpaired) electrons. The molecule has 0 aliphatic carbocycles. The molecule has 1 aromatic rings. The highest BCUT2D eigenvalue weighted by molar-refractivity contribution is 5.99. The molecule has 0 aromatic carbocycles. The molecule has 110 valence electrons. The molecule has 0 spiro atoms. The maximum absolute atomic E-state index is 12.4. The van der Waals surface area contributed by atoms with Crippen molar-refractivity contribution in [3.8, 4) is 0 Å². The fourth-order valence-electron chi connectivity index (χ4n) is 2.34. The third kappa shape index (κ3) is 3.28. The number of hydrogen-bond donors (Lipinski definition) is 2. The van der Waals surface area contributed by atoms with Gasteiger partial charge in [-0.1, -0.05) is 6.92 Å². The van der Waals surface area contributed by atoms with E-state index in [1.807, 2.05) is 19.9 Å². The minimum Gasteiger partial charge on any atom is -0.396 e. The number of carbonyl (C=O) groups excluding carboxylic acids is 1. The van der Waals surface area contributed by atoms with Gasteiger partial charge >= 0.3 is 0 Å². The molecule has 1 aromatic heterocycles. The number of aromatic nitrogens is 1. The molecule has 20 heavy (non-hydrogen) atoms. The highest BCUT2D eigenvalue weighted by Gasteiger charge is 2.22. The Kier molecular flexibility index (Phi) is 4.95. The Balaban J connectivity index is 2.13. The van der Waals surface area contributed by atoms with Gasteiger partial charge in [0.15, 0.2) is 0 Å². The van der Waals surface area contributed by atoms with Crippen molar-refractivity contribution < 1.29 is 9.90 Å². The van der Waals surface area contributed by atoms with Crippen LogP contribution >= 0.6 is 0 Å². The van der Waals surface area contributed by atoms with Crippen LogP contribution in [-0.4, -0.2) is 41.7 Å². The van der Waals surface area contributed by atoms with E-state index >= 15 is 0 Å². The van der Waals surface area contributed by atoms with Crippen molar-refractivity contribution >= 4 is 11.7 Å². The van der Waals surface area contributed by atoms with Crippen molar-refractivity contribution in [2.45, 2.75) is 32.7 Å². The van der Waals surface area contributed by atoms with Gasteiger partial charge in [-0.25, -0.2) is 4.98 Å². The van der Waals surface area contributed by atoms with Crippen LogP contribution in [0.4, 0.5) is 5.82 Å². The van der Waals surface area contributed by atoms with Gasteiger partial charge in [-0.3, -0.25) is 4.79 Å². The molecule has 1 aliphatic rings. The van der Waals surface area contributed by atoms with Crippen LogP contribution in [0.1, 0.15) is 37.0 Å². The molecule has 2 heterocycles. The van der Waals surface area contributed by atoms with Crippen LogP contribution in [0, 0.1) is 5.92 Å². The van der Waals surface area contributed by atoms with Gasteiger partial charge in [0.25, 0.3) is 5.91 Å². The van der Waals surface area contributed by atoms with Gasteiger partial charge in [0.05, 0.1) is 5.56 Å². The largest absolute Gasteiger partial charge is 0.396 e. The second-order valence-corrected chi connectivity index (χ2v) is 5.49. The van der Waals surface area contributed by atoms with Crippen molar-refractivity contribution in [3.05, 3.63) is 23.9 Å². The summed E-state index contributed by atoms with van der Waals surface area (Å²) in [5, 5.41) is 12.1. The number of hydrogen-bond acceptors (Lipinski definition) is 4. The topological polar surface area (TPSA) is 65.5 Å². The molecule has 1 fully saturated rings. The van der Waals surface area contributed by atoms with Crippen molar-refractivity contribution in [2.24, 2.45) is 5.92 Å². The number of rotatable bonds is 5. The molecule has 2 atom stereocenters. The fraction of sp³-hybridized carbons (Fsp3) is 0.600. The highest BCUT2D eigenvalue weighted by Crippen LogP contribution is 2.22. The molecule has 2 N–H and O–H groups in total. The van der Waals surface area contributed by atoms with E-state index in [9.17, 15) is 4.79 Å². The van der Waals surface area contributed by atoms with E-state index in [0.29, 0.717) is 5.56 Å². The van der Waals surface area contributed by atoms with E-state index in [0.717, 1.165) is 31.7 Å². The van der Waals surface area contributed by atoms with Crippen LogP contribution in [0.5, 0.6) is 0 Å². The molecule has 0 bridgehead atoms. The van der Waals surface area contributed by atoms with Crippen LogP contribution < -0.4 is 10.2 Å². The number of aliphatic hydroxyl groups is 1. The van der Waals surface area contributed by atoms with E-state index in [-0.39, 0.29) is 24.5 Å². The van der Waals surface area contributed by atoms with Gasteiger partial charge in [0.2, 0.25) is 0 Å². The molecule has 2 unspecified atom stereocenters. The second kappa shape index (κ2) is 6.70. The summed E-state index contributed by atoms with van der Waals surface area (Å²) in [5.41, 5.74) is 0.617. The summed E-state index contributed by atoms with van der Waals surface area (Å²) >= 11 is 0. The quantitative estimate of drug-likeness (QED) is 0.854. The first-order valence-electron chi connectivity index (χ1n) is 7.25. The number of anilines is 1. The smallest absolute Gasteiger partial charge is 0.255 e. The zero-order chi connectivity index (χ0) is 14.5. The Morgan fingerprint density at radius 2 is 2.15 bits per heavy atom. The number of aliphatic hydroxyl groups excluding tert-OH is 1. The lowest BCUT2D eigenvalue weighted by Gasteiger charge is -2.22. The van der Waals surface area contributed by atoms with E-state index in [2.05, 4.69) is 15.2 Å². The standard InChI is InChI=1S/C15H23N3O2/c1-11(10-19)12(2)17-15(20)13-6-5-7-16-14(13)18-8-3-4-9-18/h5-7,11-12,19H,3-4,8-10H2,1-2H3,(H,17,20). The fourth-order valence-corrected chi connectivity index (χ4v) is 2.34. The number of pyridine rings is 1. The summed E-state index contributed by atoms with van der Waals surface area (Å²) in [6.07, 6.45) is 4.02. The number of carbonyl (C=O) groups is 1. The van der Waals surface area contributed by atoms with Gasteiger partial charge in [-0.15, -0.1) is 0 Å². The first-order chi connectivity index (χ1) is 9.63. The molecular formula is C15H23N3O2. The van der Waals surface area contributed by atoms with Gasteiger partial charge in [0, 0.05) is 31.9 Å². The Hall–Kier alpha value is -1.62. The lowest BCUT2D eigenvalue weighted by molar-refractivity contribution is 0.0916. The minimum absolute atomic E-state index is 0.0332. The Morgan fingerprint density at radius 1 is 1.45 bits per heavy atom. The van der Waals surface area contributed by atoms with Crippen LogP contribution in [0.15, 0.2) is 18.3 Å². The van der Waals surface area contributed by atoms with E-state index in [4.69, 9.17) is 5.11 Å². The Labute approximate surface area is 120 Å². The molecule has 5 heteroatoms. The van der Waals surface area contributed by atoms with E-state index in [1.54, 1.807) is 12.3 Å². The van der Waals surface area contributed by atoms with Crippen molar-refractivity contribution in [3.63, 3.8) is 0 Å². The van der Waals surface area contributed by atoms with Crippen molar-refractivity contribution in [2.75, 3.05) is 24.6 Å². The number of nitrogens with one attached hydrogen (secondary N) is 1. The maximum Gasteiger partial charge on any atom is 0.255 e. The summed E-state index contributed by atoms with van der Waals surface area (Å²) in [7, 11) is 0. The van der Waals surface area contributed by atoms with Crippen LogP contribution in [0.25, 0.3) is 0 Å². The molecule has 1 amide bonds. The predicted molar refractivity (Wildman–Crippen MR) is 78.9 cm³/mol. The molecule has 0 saturated carbocycles. The van der Waals surface area contributed by atoms with Gasteiger partial charge in [0.1, 0.15) is 5.82 Å². The third-order valence-electron chi connectivity index (χ3n) is 3.94. The summed E-state index contributed by atoms with van der Waals surface area (Å²) in [5.74, 6) is 0.685. The summed E-state index contributed by atoms with van der Waals surface area (Å²) in [4.78, 5) is 18.9. The molecule has 2 rings (SSSR count). The van der Waals surface area contributed by atoms with Crippen molar-refractivity contribution in [1.82, 2.24) is 10.3 Å². The van der Waals surface area contributed by atoms with E-state index < -0.39 is 0 Å². The van der Waals surface area contributed by atoms with Crippen LogP contribution in [0.2, 0.25) is 0 Å². The molecule has 1 saturated heterocycles. The van der Waals surface area contributed by atoms with Crippen LogP contribution in [-0.2, 0) is 0 Å². The highest BCUT2D eigenvalue weighted by atomic mass is 16.3. The Bertz CT molecular complexity index is 458. The zero-order valence-corrected chi connectivity index (χ0v) is 12.2. The van der Waals surface area contributed by atoms with Gasteiger partial charge in [-0.05, 0) is 37.8 Å². The molecule has 5 nitrogen and oxygen atoms in total. The number of nitrogens with zero attached hydrogens (tertiary/aromatic N) is 2. The SMILES string of the molecule is CC(CO)C(C)NC(=O)c1cccnc1N1CCCC1. The average Bonchev–Trinajstić information content (AvgIpc) is 3.00. The second-order valence-electron chi connectivity index (χ2n) is 5.49. The average molecular weight is 277 g/mol. The molecular weight excluding hydrogens is 254 g/mol. The normalized spacial score (nSPS) is 17.9. The third-order valence-corrected chi connectivity index (χ3v) is 3.94. The summed E-state index contributed by atoms with van der Waals surface area (Å²) in [6, 6.07) is 3.53. The monoisotopic (exact) mass is 277 g/mol. The predicted octanol–water partition coefficient (Wildman–Crippen LogP) is 1.43. The Morgan fingerprint density at radius 3 is 2.80 bits per heavy atom. The maximum atomic E-state index is 12.4. The first-order valence-corrected chi connectivity index (χ1v) is 7.25. The zero-order valence-electron chi connectivity index (χ0n) is 12.2. The lowest BCUT2D eigenvalue weighted by Crippen LogP contribution is -2.39. The van der Waals surface area contributed by atoms with Crippen molar-refractivity contribution in [1.29, 1.82) is 0 Å². The summed E-state index contributed by atoms with van der Waals surface area (Å²) < 4.78 is 0. The van der Waals surface area contributed by atoms with Gasteiger partial charge < -0.3 is 15.3 Å². The number of amides is 1.